The van der Waals surface area contributed by atoms with E-state index in [4.69, 9.17) is 11.6 Å². The summed E-state index contributed by atoms with van der Waals surface area (Å²) < 4.78 is 14.5. The van der Waals surface area contributed by atoms with E-state index in [0.717, 1.165) is 17.7 Å². The van der Waals surface area contributed by atoms with Crippen molar-refractivity contribution in [3.05, 3.63) is 58.9 Å². The minimum atomic E-state index is -0.434. The highest BCUT2D eigenvalue weighted by atomic mass is 35.5. The molecular formula is C19H19ClFN3OS. The van der Waals surface area contributed by atoms with E-state index in [9.17, 15) is 9.18 Å². The van der Waals surface area contributed by atoms with Crippen LogP contribution in [0.1, 0.15) is 16.8 Å². The maximum atomic E-state index is 13.6. The van der Waals surface area contributed by atoms with E-state index in [-0.39, 0.29) is 5.91 Å². The molecule has 1 aromatic heterocycles. The van der Waals surface area contributed by atoms with E-state index in [2.05, 4.69) is 9.88 Å². The zero-order valence-corrected chi connectivity index (χ0v) is 16.1. The monoisotopic (exact) mass is 391 g/mol. The SMILES string of the molecule is CN(C)CCCN(C(=O)c1cccc(F)c1)c1nc2c(Cl)cccc2s1. The van der Waals surface area contributed by atoms with Crippen molar-refractivity contribution in [3.63, 3.8) is 0 Å². The summed E-state index contributed by atoms with van der Waals surface area (Å²) in [6, 6.07) is 11.3. The summed E-state index contributed by atoms with van der Waals surface area (Å²) in [4.78, 5) is 21.2. The number of amides is 1. The number of nitrogens with zero attached hydrogens (tertiary/aromatic N) is 3. The van der Waals surface area contributed by atoms with E-state index in [1.165, 1.54) is 29.5 Å². The Labute approximate surface area is 160 Å². The molecule has 0 unspecified atom stereocenters. The number of hydrogen-bond acceptors (Lipinski definition) is 4. The van der Waals surface area contributed by atoms with Crippen molar-refractivity contribution in [2.75, 3.05) is 32.1 Å². The number of aromatic nitrogens is 1. The van der Waals surface area contributed by atoms with Gasteiger partial charge in [-0.2, -0.15) is 0 Å². The number of rotatable bonds is 6. The lowest BCUT2D eigenvalue weighted by Crippen LogP contribution is -2.33. The third-order valence-corrected chi connectivity index (χ3v) is 5.24. The number of benzene rings is 2. The van der Waals surface area contributed by atoms with Gasteiger partial charge in [-0.3, -0.25) is 9.69 Å². The van der Waals surface area contributed by atoms with Gasteiger partial charge in [0, 0.05) is 12.1 Å². The van der Waals surface area contributed by atoms with E-state index in [0.29, 0.717) is 27.8 Å². The highest BCUT2D eigenvalue weighted by Crippen LogP contribution is 2.33. The molecule has 0 saturated carbocycles. The van der Waals surface area contributed by atoms with Gasteiger partial charge < -0.3 is 4.90 Å². The topological polar surface area (TPSA) is 36.4 Å². The largest absolute Gasteiger partial charge is 0.309 e. The normalized spacial score (nSPS) is 11.3. The third-order valence-electron chi connectivity index (χ3n) is 3.89. The summed E-state index contributed by atoms with van der Waals surface area (Å²) in [6.07, 6.45) is 0.776. The Morgan fingerprint density at radius 2 is 1.96 bits per heavy atom. The fourth-order valence-corrected chi connectivity index (χ4v) is 3.91. The minimum Gasteiger partial charge on any atom is -0.309 e. The lowest BCUT2D eigenvalue weighted by atomic mass is 10.2. The molecule has 0 bridgehead atoms. The number of anilines is 1. The van der Waals surface area contributed by atoms with Crippen LogP contribution in [0.15, 0.2) is 42.5 Å². The highest BCUT2D eigenvalue weighted by Gasteiger charge is 2.22. The van der Waals surface area contributed by atoms with Crippen LogP contribution in [-0.4, -0.2) is 43.0 Å². The zero-order chi connectivity index (χ0) is 18.7. The number of carbonyl (C=O) groups excluding carboxylic acids is 1. The number of carbonyl (C=O) groups is 1. The minimum absolute atomic E-state index is 0.265. The molecule has 0 aliphatic rings. The molecule has 7 heteroatoms. The highest BCUT2D eigenvalue weighted by molar-refractivity contribution is 7.22. The Morgan fingerprint density at radius 1 is 1.19 bits per heavy atom. The lowest BCUT2D eigenvalue weighted by Gasteiger charge is -2.21. The fourth-order valence-electron chi connectivity index (χ4n) is 2.63. The molecule has 0 aliphatic heterocycles. The second-order valence-corrected chi connectivity index (χ2v) is 7.62. The number of para-hydroxylation sites is 1. The van der Waals surface area contributed by atoms with Crippen LogP contribution in [0, 0.1) is 5.82 Å². The van der Waals surface area contributed by atoms with Crippen LogP contribution in [0.2, 0.25) is 5.02 Å². The van der Waals surface area contributed by atoms with Gasteiger partial charge in [-0.1, -0.05) is 35.1 Å². The molecule has 2 aromatic carbocycles. The average Bonchev–Trinajstić information content (AvgIpc) is 3.03. The Bertz CT molecular complexity index is 928. The third kappa shape index (κ3) is 4.20. The standard InChI is InChI=1S/C19H19ClFN3OS/c1-23(2)10-5-11-24(18(25)13-6-3-7-14(21)12-13)19-22-17-15(20)8-4-9-16(17)26-19/h3-4,6-9,12H,5,10-11H2,1-2H3. The molecule has 0 N–H and O–H groups in total. The van der Waals surface area contributed by atoms with Crippen molar-refractivity contribution in [1.82, 2.24) is 9.88 Å². The van der Waals surface area contributed by atoms with Gasteiger partial charge in [0.2, 0.25) is 0 Å². The predicted octanol–water partition coefficient (Wildman–Crippen LogP) is 4.69. The zero-order valence-electron chi connectivity index (χ0n) is 14.6. The second-order valence-electron chi connectivity index (χ2n) is 6.21. The van der Waals surface area contributed by atoms with E-state index in [1.807, 2.05) is 26.2 Å². The molecule has 4 nitrogen and oxygen atoms in total. The van der Waals surface area contributed by atoms with Crippen LogP contribution in [-0.2, 0) is 0 Å². The first kappa shape index (κ1) is 18.8. The van der Waals surface area contributed by atoms with Crippen molar-refractivity contribution >= 4 is 44.2 Å². The van der Waals surface area contributed by atoms with Gasteiger partial charge >= 0.3 is 0 Å². The van der Waals surface area contributed by atoms with Crippen LogP contribution in [0.4, 0.5) is 9.52 Å². The lowest BCUT2D eigenvalue weighted by molar-refractivity contribution is 0.0985. The summed E-state index contributed by atoms with van der Waals surface area (Å²) in [5, 5.41) is 1.12. The summed E-state index contributed by atoms with van der Waals surface area (Å²) in [5.41, 5.74) is 0.985. The second kappa shape index (κ2) is 8.12. The van der Waals surface area contributed by atoms with Crippen LogP contribution < -0.4 is 4.90 Å². The van der Waals surface area contributed by atoms with Crippen LogP contribution >= 0.6 is 22.9 Å². The van der Waals surface area contributed by atoms with Gasteiger partial charge in [0.25, 0.3) is 5.91 Å². The summed E-state index contributed by atoms with van der Waals surface area (Å²) in [5.74, 6) is -0.699. The van der Waals surface area contributed by atoms with Crippen molar-refractivity contribution in [3.8, 4) is 0 Å². The fraction of sp³-hybridized carbons (Fsp3) is 0.263. The van der Waals surface area contributed by atoms with Crippen LogP contribution in [0.3, 0.4) is 0 Å². The molecule has 1 heterocycles. The van der Waals surface area contributed by atoms with Crippen molar-refractivity contribution < 1.29 is 9.18 Å². The molecule has 0 aliphatic carbocycles. The number of hydrogen-bond donors (Lipinski definition) is 0. The molecule has 3 rings (SSSR count). The Kier molecular flexibility index (Phi) is 5.86. The molecule has 0 atom stereocenters. The quantitative estimate of drug-likeness (QED) is 0.611. The first-order valence-corrected chi connectivity index (χ1v) is 9.42. The molecule has 0 saturated heterocycles. The van der Waals surface area contributed by atoms with Crippen LogP contribution in [0.5, 0.6) is 0 Å². The molecule has 3 aromatic rings. The van der Waals surface area contributed by atoms with Crippen molar-refractivity contribution in [1.29, 1.82) is 0 Å². The maximum absolute atomic E-state index is 13.6. The molecular weight excluding hydrogens is 373 g/mol. The van der Waals surface area contributed by atoms with Crippen molar-refractivity contribution in [2.45, 2.75) is 6.42 Å². The van der Waals surface area contributed by atoms with Gasteiger partial charge in [0.05, 0.1) is 9.72 Å². The van der Waals surface area contributed by atoms with Gasteiger partial charge in [-0.25, -0.2) is 9.37 Å². The van der Waals surface area contributed by atoms with E-state index >= 15 is 0 Å². The summed E-state index contributed by atoms with van der Waals surface area (Å²) >= 11 is 7.63. The first-order valence-electron chi connectivity index (χ1n) is 8.23. The first-order chi connectivity index (χ1) is 12.5. The Morgan fingerprint density at radius 3 is 2.65 bits per heavy atom. The summed E-state index contributed by atoms with van der Waals surface area (Å²) in [6.45, 7) is 1.32. The number of fused-ring (bicyclic) bond motifs is 1. The predicted molar refractivity (Wildman–Crippen MR) is 106 cm³/mol. The summed E-state index contributed by atoms with van der Waals surface area (Å²) in [7, 11) is 3.96. The van der Waals surface area contributed by atoms with Gasteiger partial charge in [0.15, 0.2) is 5.13 Å². The molecule has 1 amide bonds. The van der Waals surface area contributed by atoms with E-state index < -0.39 is 5.82 Å². The smallest absolute Gasteiger partial charge is 0.260 e. The average molecular weight is 392 g/mol. The van der Waals surface area contributed by atoms with Crippen LogP contribution in [0.25, 0.3) is 10.2 Å². The number of halogens is 2. The molecule has 26 heavy (non-hydrogen) atoms. The molecule has 0 radical (unpaired) electrons. The van der Waals surface area contributed by atoms with Gasteiger partial charge in [-0.05, 0) is 57.4 Å². The number of thiazole rings is 1. The molecule has 136 valence electrons. The molecule has 0 spiro atoms. The van der Waals surface area contributed by atoms with Crippen molar-refractivity contribution in [2.24, 2.45) is 0 Å². The Hall–Kier alpha value is -2.02. The van der Waals surface area contributed by atoms with Gasteiger partial charge in [-0.15, -0.1) is 0 Å². The molecule has 0 fully saturated rings. The Balaban J connectivity index is 1.96. The maximum Gasteiger partial charge on any atom is 0.260 e. The van der Waals surface area contributed by atoms with Gasteiger partial charge in [0.1, 0.15) is 11.3 Å². The van der Waals surface area contributed by atoms with E-state index in [1.54, 1.807) is 17.0 Å².